The quantitative estimate of drug-likeness (QED) is 0.312. The van der Waals surface area contributed by atoms with E-state index in [4.69, 9.17) is 16.3 Å². The summed E-state index contributed by atoms with van der Waals surface area (Å²) in [7, 11) is 0. The molecule has 0 bridgehead atoms. The molecule has 1 aromatic heterocycles. The molecule has 0 spiro atoms. The Morgan fingerprint density at radius 2 is 1.78 bits per heavy atom. The number of hydrogen-bond acceptors (Lipinski definition) is 4. The number of benzene rings is 3. The van der Waals surface area contributed by atoms with Crippen LogP contribution in [0.3, 0.4) is 0 Å². The van der Waals surface area contributed by atoms with E-state index < -0.39 is 0 Å². The molecule has 7 nitrogen and oxygen atoms in total. The number of carbonyl (C=O) groups is 2. The zero-order valence-electron chi connectivity index (χ0n) is 20.4. The molecule has 0 radical (unpaired) electrons. The van der Waals surface area contributed by atoms with E-state index in [0.717, 1.165) is 22.2 Å². The number of amides is 2. The molecular weight excluding hydrogens is 488 g/mol. The van der Waals surface area contributed by atoms with Crippen LogP contribution >= 0.6 is 11.6 Å². The lowest BCUT2D eigenvalue weighted by Crippen LogP contribution is -2.40. The van der Waals surface area contributed by atoms with E-state index in [1.807, 2.05) is 72.8 Å². The second-order valence-electron chi connectivity index (χ2n) is 9.10. The zero-order valence-corrected chi connectivity index (χ0v) is 21.2. The van der Waals surface area contributed by atoms with Gasteiger partial charge >= 0.3 is 0 Å². The number of piperidine rings is 1. The van der Waals surface area contributed by atoms with Gasteiger partial charge in [0.25, 0.3) is 0 Å². The van der Waals surface area contributed by atoms with Crippen molar-refractivity contribution in [1.29, 1.82) is 0 Å². The van der Waals surface area contributed by atoms with E-state index >= 15 is 0 Å². The highest BCUT2D eigenvalue weighted by Crippen LogP contribution is 2.29. The Balaban J connectivity index is 1.23. The monoisotopic (exact) mass is 514 g/mol. The fraction of sp³-hybridized carbons (Fsp3) is 0.207. The van der Waals surface area contributed by atoms with Crippen molar-refractivity contribution in [3.63, 3.8) is 0 Å². The van der Waals surface area contributed by atoms with E-state index in [-0.39, 0.29) is 17.7 Å². The van der Waals surface area contributed by atoms with Crippen LogP contribution < -0.4 is 10.1 Å². The molecule has 2 amide bonds. The largest absolute Gasteiger partial charge is 0.457 e. The first-order valence-electron chi connectivity index (χ1n) is 12.2. The van der Waals surface area contributed by atoms with Gasteiger partial charge in [-0.15, -0.1) is 0 Å². The standard InChI is InChI=1S/C29H27ClN4O3/c1-19(35)34-15-13-21(14-16-34)29(36)31-23-3-2-4-24(17-23)37-25-10-11-26-27(32-33-28(26)18-25)12-7-20-5-8-22(30)9-6-20/h2-12,17-18,21H,13-16H2,1H3,(H,31,36)(H,32,33). The molecule has 4 aromatic rings. The van der Waals surface area contributed by atoms with E-state index in [0.29, 0.717) is 48.1 Å². The fourth-order valence-corrected chi connectivity index (χ4v) is 4.56. The predicted molar refractivity (Wildman–Crippen MR) is 147 cm³/mol. The first-order chi connectivity index (χ1) is 17.9. The lowest BCUT2D eigenvalue weighted by molar-refractivity contribution is -0.132. The molecule has 3 aromatic carbocycles. The summed E-state index contributed by atoms with van der Waals surface area (Å²) in [5.74, 6) is 1.20. The number of fused-ring (bicyclic) bond motifs is 1. The number of rotatable bonds is 6. The van der Waals surface area contributed by atoms with E-state index in [1.165, 1.54) is 0 Å². The molecule has 8 heteroatoms. The molecule has 188 valence electrons. The van der Waals surface area contributed by atoms with Crippen LogP contribution in [0.4, 0.5) is 5.69 Å². The van der Waals surface area contributed by atoms with Gasteiger partial charge in [0.2, 0.25) is 11.8 Å². The van der Waals surface area contributed by atoms with Gasteiger partial charge in [-0.3, -0.25) is 14.7 Å². The van der Waals surface area contributed by atoms with Gasteiger partial charge in [0.15, 0.2) is 0 Å². The van der Waals surface area contributed by atoms with Crippen molar-refractivity contribution >= 4 is 52.2 Å². The van der Waals surface area contributed by atoms with Gasteiger partial charge in [0, 0.05) is 54.2 Å². The summed E-state index contributed by atoms with van der Waals surface area (Å²) >= 11 is 5.96. The maximum absolute atomic E-state index is 12.7. The molecule has 5 rings (SSSR count). The third-order valence-electron chi connectivity index (χ3n) is 6.52. The zero-order chi connectivity index (χ0) is 25.8. The Labute approximate surface area is 220 Å². The first-order valence-corrected chi connectivity index (χ1v) is 12.6. The number of aromatic nitrogens is 2. The third-order valence-corrected chi connectivity index (χ3v) is 6.77. The second kappa shape index (κ2) is 10.9. The smallest absolute Gasteiger partial charge is 0.227 e. The Morgan fingerprint density at radius 3 is 2.54 bits per heavy atom. The van der Waals surface area contributed by atoms with Crippen LogP contribution in [0.5, 0.6) is 11.5 Å². The molecule has 0 unspecified atom stereocenters. The van der Waals surface area contributed by atoms with Crippen LogP contribution in [0.2, 0.25) is 5.02 Å². The maximum atomic E-state index is 12.7. The van der Waals surface area contributed by atoms with Crippen LogP contribution in [0.15, 0.2) is 66.7 Å². The van der Waals surface area contributed by atoms with E-state index in [9.17, 15) is 9.59 Å². The van der Waals surface area contributed by atoms with Crippen LogP contribution in [-0.4, -0.2) is 40.0 Å². The van der Waals surface area contributed by atoms with Gasteiger partial charge in [0.05, 0.1) is 11.2 Å². The average molecular weight is 515 g/mol. The molecule has 0 atom stereocenters. The number of ether oxygens (including phenoxy) is 1. The molecule has 0 aliphatic carbocycles. The van der Waals surface area contributed by atoms with Crippen molar-refractivity contribution in [2.45, 2.75) is 19.8 Å². The number of nitrogens with one attached hydrogen (secondary N) is 2. The van der Waals surface area contributed by atoms with Crippen molar-refractivity contribution in [3.8, 4) is 11.5 Å². The van der Waals surface area contributed by atoms with Crippen LogP contribution in [-0.2, 0) is 9.59 Å². The number of carbonyl (C=O) groups excluding carboxylic acids is 2. The molecule has 2 N–H and O–H groups in total. The SMILES string of the molecule is CC(=O)N1CCC(C(=O)Nc2cccc(Oc3ccc4c(C=Cc5ccc(Cl)cc5)n[nH]c4c3)c2)CC1. The van der Waals surface area contributed by atoms with Crippen molar-refractivity contribution < 1.29 is 14.3 Å². The Kier molecular flexibility index (Phi) is 7.23. The Bertz CT molecular complexity index is 1450. The van der Waals surface area contributed by atoms with Gasteiger partial charge in [0.1, 0.15) is 11.5 Å². The second-order valence-corrected chi connectivity index (χ2v) is 9.54. The molecule has 1 fully saturated rings. The van der Waals surface area contributed by atoms with Gasteiger partial charge in [-0.05, 0) is 60.9 Å². The minimum atomic E-state index is -0.106. The summed E-state index contributed by atoms with van der Waals surface area (Å²) in [5.41, 5.74) is 3.40. The highest BCUT2D eigenvalue weighted by molar-refractivity contribution is 6.30. The van der Waals surface area contributed by atoms with Crippen molar-refractivity contribution in [3.05, 3.63) is 83.0 Å². The average Bonchev–Trinajstić information content (AvgIpc) is 3.31. The van der Waals surface area contributed by atoms with Crippen LogP contribution in [0, 0.1) is 5.92 Å². The third kappa shape index (κ3) is 6.01. The van der Waals surface area contributed by atoms with Gasteiger partial charge < -0.3 is 15.0 Å². The fourth-order valence-electron chi connectivity index (χ4n) is 4.43. The minimum absolute atomic E-state index is 0.0292. The summed E-state index contributed by atoms with van der Waals surface area (Å²) in [4.78, 5) is 26.0. The number of anilines is 1. The van der Waals surface area contributed by atoms with Crippen LogP contribution in [0.25, 0.3) is 23.1 Å². The Morgan fingerprint density at radius 1 is 1.03 bits per heavy atom. The van der Waals surface area contributed by atoms with Crippen molar-refractivity contribution in [1.82, 2.24) is 15.1 Å². The van der Waals surface area contributed by atoms with Gasteiger partial charge in [-0.2, -0.15) is 5.10 Å². The van der Waals surface area contributed by atoms with Crippen molar-refractivity contribution in [2.75, 3.05) is 18.4 Å². The highest BCUT2D eigenvalue weighted by Gasteiger charge is 2.26. The number of likely N-dealkylation sites (tertiary alicyclic amines) is 1. The minimum Gasteiger partial charge on any atom is -0.457 e. The number of halogens is 1. The molecule has 1 aliphatic rings. The first kappa shape index (κ1) is 24.6. The topological polar surface area (TPSA) is 87.3 Å². The van der Waals surface area contributed by atoms with E-state index in [1.54, 1.807) is 17.9 Å². The summed E-state index contributed by atoms with van der Waals surface area (Å²) in [6.45, 7) is 2.80. The van der Waals surface area contributed by atoms with E-state index in [2.05, 4.69) is 15.5 Å². The predicted octanol–water partition coefficient (Wildman–Crippen LogP) is 6.38. The normalized spacial score (nSPS) is 14.3. The number of H-pyrrole nitrogens is 1. The molecule has 37 heavy (non-hydrogen) atoms. The Hall–Kier alpha value is -4.10. The molecule has 0 saturated carbocycles. The van der Waals surface area contributed by atoms with Crippen LogP contribution in [0.1, 0.15) is 31.0 Å². The molecular formula is C29H27ClN4O3. The summed E-state index contributed by atoms with van der Waals surface area (Å²) in [6, 6.07) is 20.7. The highest BCUT2D eigenvalue weighted by atomic mass is 35.5. The molecule has 1 aliphatic heterocycles. The lowest BCUT2D eigenvalue weighted by Gasteiger charge is -2.30. The van der Waals surface area contributed by atoms with Gasteiger partial charge in [-0.1, -0.05) is 35.9 Å². The lowest BCUT2D eigenvalue weighted by atomic mass is 9.96. The number of aromatic amines is 1. The van der Waals surface area contributed by atoms with Crippen molar-refractivity contribution in [2.24, 2.45) is 5.92 Å². The van der Waals surface area contributed by atoms with Gasteiger partial charge in [-0.25, -0.2) is 0 Å². The number of nitrogens with zero attached hydrogens (tertiary/aromatic N) is 2. The molecule has 2 heterocycles. The summed E-state index contributed by atoms with van der Waals surface area (Å²) in [6.07, 6.45) is 5.28. The maximum Gasteiger partial charge on any atom is 0.227 e. The summed E-state index contributed by atoms with van der Waals surface area (Å²) in [5, 5.41) is 12.2. The molecule has 1 saturated heterocycles. The number of hydrogen-bond donors (Lipinski definition) is 2. The summed E-state index contributed by atoms with van der Waals surface area (Å²) < 4.78 is 6.07.